The van der Waals surface area contributed by atoms with E-state index >= 15 is 0 Å². The van der Waals surface area contributed by atoms with E-state index in [-0.39, 0.29) is 17.7 Å². The molecule has 1 atom stereocenters. The third kappa shape index (κ3) is 5.66. The van der Waals surface area contributed by atoms with E-state index in [1.54, 1.807) is 26.0 Å². The molecule has 0 saturated heterocycles. The molecule has 2 aromatic rings. The van der Waals surface area contributed by atoms with E-state index in [0.717, 1.165) is 28.6 Å². The number of amides is 2. The quantitative estimate of drug-likeness (QED) is 0.485. The highest BCUT2D eigenvalue weighted by Gasteiger charge is 2.29. The van der Waals surface area contributed by atoms with Crippen molar-refractivity contribution in [1.82, 2.24) is 0 Å². The molecule has 2 N–H and O–H groups in total. The van der Waals surface area contributed by atoms with E-state index in [1.165, 1.54) is 0 Å². The largest absolute Gasteiger partial charge is 0.382 e. The Labute approximate surface area is 172 Å². The molecule has 1 unspecified atom stereocenters. The molecular formula is C21H22BrN3O3. The average molecular weight is 444 g/mol. The van der Waals surface area contributed by atoms with Crippen LogP contribution in [0.1, 0.15) is 32.3 Å². The molecule has 1 aliphatic carbocycles. The fraction of sp³-hybridized carbons (Fsp3) is 0.286. The highest BCUT2D eigenvalue weighted by atomic mass is 79.9. The van der Waals surface area contributed by atoms with Crippen molar-refractivity contribution in [2.75, 3.05) is 10.6 Å². The Morgan fingerprint density at radius 3 is 2.21 bits per heavy atom. The van der Waals surface area contributed by atoms with Crippen LogP contribution in [0.15, 0.2) is 58.2 Å². The van der Waals surface area contributed by atoms with Gasteiger partial charge in [0.15, 0.2) is 0 Å². The van der Waals surface area contributed by atoms with Gasteiger partial charge in [0.1, 0.15) is 0 Å². The Hall–Kier alpha value is -2.67. The van der Waals surface area contributed by atoms with Crippen LogP contribution in [0.2, 0.25) is 0 Å². The fourth-order valence-electron chi connectivity index (χ4n) is 2.42. The SMILES string of the molecule is C/C(=N\OC(C)C(=O)Nc1ccc(Br)cc1)c1ccc(NC(=O)C2CC2)cc1. The van der Waals surface area contributed by atoms with Crippen LogP contribution in [0, 0.1) is 5.92 Å². The minimum Gasteiger partial charge on any atom is -0.382 e. The van der Waals surface area contributed by atoms with Gasteiger partial charge in [0.2, 0.25) is 12.0 Å². The Kier molecular flexibility index (Phi) is 6.46. The number of benzene rings is 2. The van der Waals surface area contributed by atoms with Crippen LogP contribution in [0.3, 0.4) is 0 Å². The van der Waals surface area contributed by atoms with Crippen LogP contribution < -0.4 is 10.6 Å². The van der Waals surface area contributed by atoms with E-state index in [9.17, 15) is 9.59 Å². The Morgan fingerprint density at radius 1 is 1.04 bits per heavy atom. The second kappa shape index (κ2) is 9.01. The molecule has 146 valence electrons. The van der Waals surface area contributed by atoms with Gasteiger partial charge in [-0.25, -0.2) is 0 Å². The minimum atomic E-state index is -0.740. The summed E-state index contributed by atoms with van der Waals surface area (Å²) in [6.07, 6.45) is 1.21. The molecular weight excluding hydrogens is 422 g/mol. The van der Waals surface area contributed by atoms with Crippen molar-refractivity contribution in [3.05, 3.63) is 58.6 Å². The summed E-state index contributed by atoms with van der Waals surface area (Å²) in [6.45, 7) is 3.44. The summed E-state index contributed by atoms with van der Waals surface area (Å²) in [5.74, 6) is -0.0366. The molecule has 6 nitrogen and oxygen atoms in total. The number of halogens is 1. The van der Waals surface area contributed by atoms with Crippen LogP contribution >= 0.6 is 15.9 Å². The normalized spacial score (nSPS) is 14.9. The number of carbonyl (C=O) groups excluding carboxylic acids is 2. The summed E-state index contributed by atoms with van der Waals surface area (Å²) < 4.78 is 0.938. The number of nitrogens with zero attached hydrogens (tertiary/aromatic N) is 1. The lowest BCUT2D eigenvalue weighted by atomic mass is 10.1. The van der Waals surface area contributed by atoms with Crippen molar-refractivity contribution in [2.24, 2.45) is 11.1 Å². The van der Waals surface area contributed by atoms with Gasteiger partial charge in [-0.2, -0.15) is 0 Å². The highest BCUT2D eigenvalue weighted by molar-refractivity contribution is 9.10. The lowest BCUT2D eigenvalue weighted by molar-refractivity contribution is -0.126. The number of carbonyl (C=O) groups is 2. The lowest BCUT2D eigenvalue weighted by Gasteiger charge is -2.11. The molecule has 2 aromatic carbocycles. The van der Waals surface area contributed by atoms with Crippen molar-refractivity contribution in [3.63, 3.8) is 0 Å². The number of oxime groups is 1. The van der Waals surface area contributed by atoms with Crippen LogP contribution in [0.25, 0.3) is 0 Å². The first-order valence-corrected chi connectivity index (χ1v) is 9.90. The molecule has 1 saturated carbocycles. The van der Waals surface area contributed by atoms with Gasteiger partial charge in [-0.3, -0.25) is 9.59 Å². The molecule has 7 heteroatoms. The maximum atomic E-state index is 12.2. The number of hydrogen-bond acceptors (Lipinski definition) is 4. The molecule has 0 spiro atoms. The van der Waals surface area contributed by atoms with E-state index in [2.05, 4.69) is 31.7 Å². The lowest BCUT2D eigenvalue weighted by Crippen LogP contribution is -2.26. The Balaban J connectivity index is 1.52. The second-order valence-corrected chi connectivity index (χ2v) is 7.68. The van der Waals surface area contributed by atoms with E-state index < -0.39 is 6.10 Å². The van der Waals surface area contributed by atoms with Gasteiger partial charge in [0.25, 0.3) is 5.91 Å². The molecule has 0 heterocycles. The molecule has 3 rings (SSSR count). The molecule has 28 heavy (non-hydrogen) atoms. The molecule has 0 radical (unpaired) electrons. The number of anilines is 2. The standard InChI is InChI=1S/C21H22BrN3O3/c1-13(15-5-9-18(10-6-15)24-21(27)16-3-4-16)25-28-14(2)20(26)23-19-11-7-17(22)8-12-19/h5-12,14,16H,3-4H2,1-2H3,(H,23,26)(H,24,27)/b25-13+. The van der Waals surface area contributed by atoms with E-state index in [0.29, 0.717) is 11.4 Å². The first-order valence-electron chi connectivity index (χ1n) is 9.10. The predicted molar refractivity (Wildman–Crippen MR) is 113 cm³/mol. The molecule has 2 amide bonds. The summed E-state index contributed by atoms with van der Waals surface area (Å²) in [4.78, 5) is 29.3. The highest BCUT2D eigenvalue weighted by Crippen LogP contribution is 2.30. The van der Waals surface area contributed by atoms with Gasteiger partial charge in [0.05, 0.1) is 5.71 Å². The first-order chi connectivity index (χ1) is 13.4. The van der Waals surface area contributed by atoms with E-state index in [1.807, 2.05) is 36.4 Å². The fourth-order valence-corrected chi connectivity index (χ4v) is 2.68. The minimum absolute atomic E-state index is 0.0760. The average Bonchev–Trinajstić information content (AvgIpc) is 3.53. The van der Waals surface area contributed by atoms with Crippen molar-refractivity contribution in [2.45, 2.75) is 32.8 Å². The van der Waals surface area contributed by atoms with Gasteiger partial charge >= 0.3 is 0 Å². The summed E-state index contributed by atoms with van der Waals surface area (Å²) in [5.41, 5.74) is 2.94. The zero-order chi connectivity index (χ0) is 20.1. The molecule has 1 fully saturated rings. The third-order valence-corrected chi connectivity index (χ3v) is 4.88. The topological polar surface area (TPSA) is 79.8 Å². The van der Waals surface area contributed by atoms with Crippen LogP contribution in [-0.4, -0.2) is 23.6 Å². The Bertz CT molecular complexity index is 875. The van der Waals surface area contributed by atoms with Gasteiger partial charge in [-0.15, -0.1) is 0 Å². The van der Waals surface area contributed by atoms with Crippen molar-refractivity contribution >= 4 is 44.8 Å². The monoisotopic (exact) mass is 443 g/mol. The summed E-state index contributed by atoms with van der Waals surface area (Å²) in [5, 5.41) is 9.73. The van der Waals surface area contributed by atoms with Gasteiger partial charge < -0.3 is 15.5 Å². The zero-order valence-electron chi connectivity index (χ0n) is 15.7. The smallest absolute Gasteiger partial charge is 0.267 e. The molecule has 0 aliphatic heterocycles. The van der Waals surface area contributed by atoms with Gasteiger partial charge in [0, 0.05) is 21.8 Å². The first kappa shape index (κ1) is 20.1. The molecule has 1 aliphatic rings. The summed E-state index contributed by atoms with van der Waals surface area (Å²) in [6, 6.07) is 14.7. The second-order valence-electron chi connectivity index (χ2n) is 6.76. The number of rotatable bonds is 7. The molecule has 0 aromatic heterocycles. The summed E-state index contributed by atoms with van der Waals surface area (Å²) >= 11 is 3.35. The maximum Gasteiger partial charge on any atom is 0.267 e. The number of hydrogen-bond donors (Lipinski definition) is 2. The van der Waals surface area contributed by atoms with E-state index in [4.69, 9.17) is 4.84 Å². The summed E-state index contributed by atoms with van der Waals surface area (Å²) in [7, 11) is 0. The maximum absolute atomic E-state index is 12.2. The van der Waals surface area contributed by atoms with Gasteiger partial charge in [-0.05, 0) is 68.7 Å². The van der Waals surface area contributed by atoms with Crippen LogP contribution in [0.5, 0.6) is 0 Å². The zero-order valence-corrected chi connectivity index (χ0v) is 17.3. The number of nitrogens with one attached hydrogen (secondary N) is 2. The Morgan fingerprint density at radius 2 is 1.61 bits per heavy atom. The van der Waals surface area contributed by atoms with Crippen LogP contribution in [-0.2, 0) is 14.4 Å². The van der Waals surface area contributed by atoms with Crippen molar-refractivity contribution in [1.29, 1.82) is 0 Å². The third-order valence-electron chi connectivity index (χ3n) is 4.35. The van der Waals surface area contributed by atoms with Crippen molar-refractivity contribution in [3.8, 4) is 0 Å². The van der Waals surface area contributed by atoms with Crippen molar-refractivity contribution < 1.29 is 14.4 Å². The van der Waals surface area contributed by atoms with Gasteiger partial charge in [-0.1, -0.05) is 33.2 Å². The predicted octanol–water partition coefficient (Wildman–Crippen LogP) is 4.57. The molecule has 0 bridgehead atoms. The van der Waals surface area contributed by atoms with Crippen LogP contribution in [0.4, 0.5) is 11.4 Å².